The van der Waals surface area contributed by atoms with Crippen LogP contribution in [0.2, 0.25) is 0 Å². The Morgan fingerprint density at radius 1 is 1.14 bits per heavy atom. The fraction of sp³-hybridized carbons (Fsp3) is 0.176. The molecule has 0 atom stereocenters. The van der Waals surface area contributed by atoms with Gasteiger partial charge in [0.2, 0.25) is 0 Å². The Hall–Kier alpha value is -2.82. The third kappa shape index (κ3) is 2.41. The number of ether oxygens (including phenoxy) is 2. The van der Waals surface area contributed by atoms with Crippen molar-refractivity contribution in [2.24, 2.45) is 0 Å². The number of carbonyl (C=O) groups is 1. The van der Waals surface area contributed by atoms with Gasteiger partial charge in [0.05, 0.1) is 43.4 Å². The Kier molecular flexibility index (Phi) is 3.78. The summed E-state index contributed by atoms with van der Waals surface area (Å²) >= 11 is 0. The van der Waals surface area contributed by atoms with Crippen LogP contribution in [0.5, 0.6) is 5.75 Å². The van der Waals surface area contributed by atoms with E-state index >= 15 is 0 Å². The summed E-state index contributed by atoms with van der Waals surface area (Å²) in [6.45, 7) is 0. The second-order valence-electron chi connectivity index (χ2n) is 4.84. The molecule has 3 aromatic rings. The summed E-state index contributed by atoms with van der Waals surface area (Å²) in [5.41, 5.74) is 2.69. The van der Waals surface area contributed by atoms with E-state index in [-0.39, 0.29) is 12.4 Å². The average Bonchev–Trinajstić information content (AvgIpc) is 2.99. The molecule has 1 aromatic heterocycles. The minimum Gasteiger partial charge on any atom is -0.496 e. The van der Waals surface area contributed by atoms with E-state index in [1.165, 1.54) is 7.11 Å². The number of nitrogens with zero attached hydrogens (tertiary/aromatic N) is 2. The van der Waals surface area contributed by atoms with Gasteiger partial charge < -0.3 is 9.47 Å². The molecule has 3 rings (SSSR count). The molecule has 112 valence electrons. The summed E-state index contributed by atoms with van der Waals surface area (Å²) in [5.74, 6) is 0.359. The van der Waals surface area contributed by atoms with Crippen molar-refractivity contribution in [3.05, 3.63) is 54.2 Å². The van der Waals surface area contributed by atoms with Crippen molar-refractivity contribution >= 4 is 16.9 Å². The molecule has 5 heteroatoms. The maximum atomic E-state index is 11.5. The summed E-state index contributed by atoms with van der Waals surface area (Å²) in [6, 6.07) is 13.7. The van der Waals surface area contributed by atoms with Crippen molar-refractivity contribution in [3.63, 3.8) is 0 Å². The van der Waals surface area contributed by atoms with Gasteiger partial charge in [0, 0.05) is 5.56 Å². The minimum absolute atomic E-state index is 0.173. The molecule has 1 heterocycles. The van der Waals surface area contributed by atoms with E-state index in [9.17, 15) is 4.79 Å². The van der Waals surface area contributed by atoms with Crippen LogP contribution in [-0.2, 0) is 16.0 Å². The van der Waals surface area contributed by atoms with Crippen LogP contribution >= 0.6 is 0 Å². The Morgan fingerprint density at radius 2 is 1.91 bits per heavy atom. The molecule has 0 unspecified atom stereocenters. The molecule has 0 amide bonds. The molecule has 22 heavy (non-hydrogen) atoms. The largest absolute Gasteiger partial charge is 0.496 e. The fourth-order valence-electron chi connectivity index (χ4n) is 2.50. The van der Waals surface area contributed by atoms with E-state index < -0.39 is 0 Å². The lowest BCUT2D eigenvalue weighted by molar-refractivity contribution is -0.139. The van der Waals surface area contributed by atoms with Gasteiger partial charge in [-0.2, -0.15) is 5.10 Å². The van der Waals surface area contributed by atoms with Crippen LogP contribution in [0.4, 0.5) is 0 Å². The lowest BCUT2D eigenvalue weighted by Gasteiger charge is -2.10. The summed E-state index contributed by atoms with van der Waals surface area (Å²) in [7, 11) is 2.97. The summed E-state index contributed by atoms with van der Waals surface area (Å²) in [4.78, 5) is 11.5. The molecule has 2 aromatic carbocycles. The lowest BCUT2D eigenvalue weighted by Crippen LogP contribution is -2.06. The fourth-order valence-corrected chi connectivity index (χ4v) is 2.50. The highest BCUT2D eigenvalue weighted by Crippen LogP contribution is 2.31. The molecular weight excluding hydrogens is 280 g/mol. The number of hydrogen-bond acceptors (Lipinski definition) is 4. The van der Waals surface area contributed by atoms with Gasteiger partial charge in [-0.05, 0) is 18.2 Å². The molecule has 0 aliphatic carbocycles. The highest BCUT2D eigenvalue weighted by atomic mass is 16.5. The second-order valence-corrected chi connectivity index (χ2v) is 4.84. The zero-order valence-corrected chi connectivity index (χ0v) is 12.4. The van der Waals surface area contributed by atoms with E-state index in [0.29, 0.717) is 5.75 Å². The van der Waals surface area contributed by atoms with Crippen LogP contribution in [0.3, 0.4) is 0 Å². The van der Waals surface area contributed by atoms with Crippen molar-refractivity contribution in [1.29, 1.82) is 0 Å². The SMILES string of the molecule is COC(=O)Cc1ccc2c(cnn2-c2ccccc2)c1OC. The van der Waals surface area contributed by atoms with Gasteiger partial charge >= 0.3 is 5.97 Å². The monoisotopic (exact) mass is 296 g/mol. The maximum Gasteiger partial charge on any atom is 0.310 e. The summed E-state index contributed by atoms with van der Waals surface area (Å²) in [6.07, 6.45) is 1.92. The quantitative estimate of drug-likeness (QED) is 0.695. The molecule has 0 saturated heterocycles. The highest BCUT2D eigenvalue weighted by molar-refractivity contribution is 5.89. The van der Waals surface area contributed by atoms with Crippen molar-refractivity contribution in [3.8, 4) is 11.4 Å². The third-order valence-corrected chi connectivity index (χ3v) is 3.55. The van der Waals surface area contributed by atoms with E-state index in [4.69, 9.17) is 9.47 Å². The van der Waals surface area contributed by atoms with Gasteiger partial charge in [-0.15, -0.1) is 0 Å². The topological polar surface area (TPSA) is 53.3 Å². The number of rotatable bonds is 4. The van der Waals surface area contributed by atoms with Crippen LogP contribution in [0.25, 0.3) is 16.6 Å². The van der Waals surface area contributed by atoms with E-state index in [1.54, 1.807) is 13.3 Å². The lowest BCUT2D eigenvalue weighted by atomic mass is 10.1. The van der Waals surface area contributed by atoms with Gasteiger partial charge in [-0.3, -0.25) is 4.79 Å². The molecule has 5 nitrogen and oxygen atoms in total. The first-order valence-electron chi connectivity index (χ1n) is 6.90. The predicted octanol–water partition coefficient (Wildman–Crippen LogP) is 2.75. The number of aromatic nitrogens is 2. The normalized spacial score (nSPS) is 10.6. The minimum atomic E-state index is -0.298. The molecule has 0 aliphatic heterocycles. The van der Waals surface area contributed by atoms with Gasteiger partial charge in [-0.25, -0.2) is 4.68 Å². The number of methoxy groups -OCH3 is 2. The van der Waals surface area contributed by atoms with Crippen molar-refractivity contribution in [2.75, 3.05) is 14.2 Å². The summed E-state index contributed by atoms with van der Waals surface area (Å²) < 4.78 is 12.1. The number of para-hydroxylation sites is 1. The van der Waals surface area contributed by atoms with Crippen LogP contribution in [0.1, 0.15) is 5.56 Å². The average molecular weight is 296 g/mol. The number of carbonyl (C=O) groups excluding carboxylic acids is 1. The second kappa shape index (κ2) is 5.89. The standard InChI is InChI=1S/C17H16N2O3/c1-21-16(20)10-12-8-9-15-14(17(12)22-2)11-18-19(15)13-6-4-3-5-7-13/h3-9,11H,10H2,1-2H3. The molecule has 0 aliphatic rings. The van der Waals surface area contributed by atoms with Crippen molar-refractivity contribution in [2.45, 2.75) is 6.42 Å². The van der Waals surface area contributed by atoms with Crippen LogP contribution < -0.4 is 4.74 Å². The Balaban J connectivity index is 2.13. The molecule has 0 bridgehead atoms. The number of hydrogen-bond donors (Lipinski definition) is 0. The van der Waals surface area contributed by atoms with E-state index in [2.05, 4.69) is 5.10 Å². The zero-order chi connectivity index (χ0) is 15.5. The van der Waals surface area contributed by atoms with E-state index in [1.807, 2.05) is 47.1 Å². The van der Waals surface area contributed by atoms with Gasteiger partial charge in [-0.1, -0.05) is 24.3 Å². The molecule has 0 radical (unpaired) electrons. The molecule has 0 saturated carbocycles. The van der Waals surface area contributed by atoms with E-state index in [0.717, 1.165) is 22.2 Å². The molecular formula is C17H16N2O3. The Labute approximate surface area is 128 Å². The predicted molar refractivity (Wildman–Crippen MR) is 83.3 cm³/mol. The smallest absolute Gasteiger partial charge is 0.310 e. The number of esters is 1. The first-order valence-corrected chi connectivity index (χ1v) is 6.90. The number of fused-ring (bicyclic) bond motifs is 1. The molecule has 0 fully saturated rings. The third-order valence-electron chi connectivity index (χ3n) is 3.55. The Morgan fingerprint density at radius 3 is 2.59 bits per heavy atom. The van der Waals surface area contributed by atoms with Gasteiger partial charge in [0.15, 0.2) is 0 Å². The van der Waals surface area contributed by atoms with Crippen molar-refractivity contribution in [1.82, 2.24) is 9.78 Å². The van der Waals surface area contributed by atoms with Gasteiger partial charge in [0.1, 0.15) is 5.75 Å². The molecule has 0 N–H and O–H groups in total. The van der Waals surface area contributed by atoms with Crippen LogP contribution in [0, 0.1) is 0 Å². The zero-order valence-electron chi connectivity index (χ0n) is 12.4. The Bertz CT molecular complexity index is 809. The molecule has 0 spiro atoms. The van der Waals surface area contributed by atoms with Crippen molar-refractivity contribution < 1.29 is 14.3 Å². The first kappa shape index (κ1) is 14.1. The number of benzene rings is 2. The first-order chi connectivity index (χ1) is 10.7. The van der Waals surface area contributed by atoms with Gasteiger partial charge in [0.25, 0.3) is 0 Å². The highest BCUT2D eigenvalue weighted by Gasteiger charge is 2.15. The maximum absolute atomic E-state index is 11.5. The van der Waals surface area contributed by atoms with Crippen LogP contribution in [-0.4, -0.2) is 30.0 Å². The summed E-state index contributed by atoms with van der Waals surface area (Å²) in [5, 5.41) is 5.30. The van der Waals surface area contributed by atoms with Crippen LogP contribution in [0.15, 0.2) is 48.7 Å².